The number of piperidine rings is 1. The van der Waals surface area contributed by atoms with E-state index in [1.54, 1.807) is 13.1 Å². The lowest BCUT2D eigenvalue weighted by Gasteiger charge is -2.35. The minimum absolute atomic E-state index is 0.0169. The minimum Gasteiger partial charge on any atom is -0.337 e. The first-order valence-corrected chi connectivity index (χ1v) is 12.5. The Morgan fingerprint density at radius 2 is 1.86 bits per heavy atom. The molecule has 2 amide bonds. The number of halogens is 2. The lowest BCUT2D eigenvalue weighted by molar-refractivity contribution is 0.195. The SMILES string of the molecule is CN1CCC(C(CNC(=O)N(C)c2ccc(F)c(Cl)c2)c2ccc(-c3cccc(C#N)c3)cc2)CC1. The van der Waals surface area contributed by atoms with Crippen LogP contribution in [0.5, 0.6) is 0 Å². The van der Waals surface area contributed by atoms with Gasteiger partial charge in [0.05, 0.1) is 16.7 Å². The van der Waals surface area contributed by atoms with Gasteiger partial charge in [-0.1, -0.05) is 48.0 Å². The van der Waals surface area contributed by atoms with E-state index in [1.165, 1.54) is 28.7 Å². The van der Waals surface area contributed by atoms with Crippen LogP contribution in [0.2, 0.25) is 5.02 Å². The summed E-state index contributed by atoms with van der Waals surface area (Å²) in [5.41, 5.74) is 4.39. The van der Waals surface area contributed by atoms with Crippen LogP contribution in [0.1, 0.15) is 29.9 Å². The number of nitrogens with zero attached hydrogens (tertiary/aromatic N) is 3. The van der Waals surface area contributed by atoms with E-state index in [0.717, 1.165) is 37.1 Å². The first-order valence-electron chi connectivity index (χ1n) is 12.1. The summed E-state index contributed by atoms with van der Waals surface area (Å²) >= 11 is 5.90. The van der Waals surface area contributed by atoms with Crippen LogP contribution in [0, 0.1) is 23.1 Å². The first kappa shape index (κ1) is 25.7. The van der Waals surface area contributed by atoms with E-state index in [-0.39, 0.29) is 17.0 Å². The number of amides is 2. The van der Waals surface area contributed by atoms with E-state index >= 15 is 0 Å². The fourth-order valence-corrected chi connectivity index (χ4v) is 4.98. The standard InChI is InChI=1S/C29H30ClFN4O/c1-34-14-12-23(13-15-34)26(19-33-29(36)35(2)25-10-11-28(31)27(30)17-25)22-8-6-21(7-9-22)24-5-3-4-20(16-24)18-32/h3-11,16-17,23,26H,12-15,19H2,1-2H3,(H,33,36). The number of urea groups is 1. The van der Waals surface area contributed by atoms with Gasteiger partial charge >= 0.3 is 6.03 Å². The molecule has 36 heavy (non-hydrogen) atoms. The van der Waals surface area contributed by atoms with E-state index in [0.29, 0.717) is 23.7 Å². The summed E-state index contributed by atoms with van der Waals surface area (Å²) < 4.78 is 13.5. The van der Waals surface area contributed by atoms with Crippen molar-refractivity contribution in [1.29, 1.82) is 5.26 Å². The maximum atomic E-state index is 13.5. The van der Waals surface area contributed by atoms with Crippen molar-refractivity contribution in [2.24, 2.45) is 5.92 Å². The smallest absolute Gasteiger partial charge is 0.321 e. The second kappa shape index (κ2) is 11.6. The second-order valence-corrected chi connectivity index (χ2v) is 9.81. The first-order chi connectivity index (χ1) is 17.4. The summed E-state index contributed by atoms with van der Waals surface area (Å²) in [6.45, 7) is 2.56. The fraction of sp³-hybridized carbons (Fsp3) is 0.310. The average molecular weight is 505 g/mol. The van der Waals surface area contributed by atoms with Crippen molar-refractivity contribution >= 4 is 23.3 Å². The van der Waals surface area contributed by atoms with Gasteiger partial charge in [0.25, 0.3) is 0 Å². The zero-order valence-electron chi connectivity index (χ0n) is 20.5. The molecular formula is C29H30ClFN4O. The number of carbonyl (C=O) groups is 1. The summed E-state index contributed by atoms with van der Waals surface area (Å²) in [6.07, 6.45) is 2.12. The third-order valence-corrected chi connectivity index (χ3v) is 7.35. The van der Waals surface area contributed by atoms with Crippen molar-refractivity contribution in [2.45, 2.75) is 18.8 Å². The number of hydrogen-bond acceptors (Lipinski definition) is 3. The van der Waals surface area contributed by atoms with E-state index in [9.17, 15) is 14.4 Å². The Morgan fingerprint density at radius 3 is 2.53 bits per heavy atom. The van der Waals surface area contributed by atoms with Crippen LogP contribution in [-0.4, -0.2) is 44.7 Å². The van der Waals surface area contributed by atoms with Crippen molar-refractivity contribution in [1.82, 2.24) is 10.2 Å². The average Bonchev–Trinajstić information content (AvgIpc) is 2.91. The number of anilines is 1. The predicted molar refractivity (Wildman–Crippen MR) is 143 cm³/mol. The number of nitriles is 1. The van der Waals surface area contributed by atoms with Crippen molar-refractivity contribution in [2.75, 3.05) is 38.6 Å². The summed E-state index contributed by atoms with van der Waals surface area (Å²) in [6, 6.07) is 22.2. The number of rotatable bonds is 6. The van der Waals surface area contributed by atoms with Crippen LogP contribution >= 0.6 is 11.6 Å². The Kier molecular flexibility index (Phi) is 8.25. The van der Waals surface area contributed by atoms with Gasteiger partial charge in [0.1, 0.15) is 5.82 Å². The van der Waals surface area contributed by atoms with Crippen LogP contribution in [0.15, 0.2) is 66.7 Å². The van der Waals surface area contributed by atoms with Crippen LogP contribution in [0.3, 0.4) is 0 Å². The van der Waals surface area contributed by atoms with Gasteiger partial charge < -0.3 is 10.2 Å². The van der Waals surface area contributed by atoms with Gasteiger partial charge in [0, 0.05) is 25.2 Å². The fourth-order valence-electron chi connectivity index (χ4n) is 4.81. The molecule has 186 valence electrons. The molecule has 1 unspecified atom stereocenters. The molecule has 4 rings (SSSR count). The molecule has 1 aliphatic rings. The Labute approximate surface area is 217 Å². The van der Waals surface area contributed by atoms with Crippen LogP contribution in [0.25, 0.3) is 11.1 Å². The van der Waals surface area contributed by atoms with Crippen molar-refractivity contribution < 1.29 is 9.18 Å². The van der Waals surface area contributed by atoms with Crippen molar-refractivity contribution in [3.05, 3.63) is 88.7 Å². The lowest BCUT2D eigenvalue weighted by Crippen LogP contribution is -2.42. The summed E-state index contributed by atoms with van der Waals surface area (Å²) in [5.74, 6) is 0.0894. The number of benzene rings is 3. The number of carbonyl (C=O) groups excluding carboxylic acids is 1. The number of hydrogen-bond donors (Lipinski definition) is 1. The molecule has 1 heterocycles. The van der Waals surface area contributed by atoms with Gasteiger partial charge in [-0.3, -0.25) is 4.90 Å². The number of likely N-dealkylation sites (tertiary alicyclic amines) is 1. The van der Waals surface area contributed by atoms with Crippen LogP contribution in [-0.2, 0) is 0 Å². The van der Waals surface area contributed by atoms with E-state index in [1.807, 2.05) is 18.2 Å². The highest BCUT2D eigenvalue weighted by Crippen LogP contribution is 2.33. The van der Waals surface area contributed by atoms with Gasteiger partial charge in [-0.25, -0.2) is 9.18 Å². The molecule has 0 aliphatic carbocycles. The van der Waals surface area contributed by atoms with E-state index in [2.05, 4.69) is 47.6 Å². The zero-order chi connectivity index (χ0) is 25.7. The molecule has 1 N–H and O–H groups in total. The van der Waals surface area contributed by atoms with Crippen LogP contribution < -0.4 is 10.2 Å². The minimum atomic E-state index is -0.514. The molecule has 5 nitrogen and oxygen atoms in total. The molecule has 1 atom stereocenters. The third-order valence-electron chi connectivity index (χ3n) is 7.06. The second-order valence-electron chi connectivity index (χ2n) is 9.41. The molecule has 1 fully saturated rings. The summed E-state index contributed by atoms with van der Waals surface area (Å²) in [7, 11) is 3.79. The monoisotopic (exact) mass is 504 g/mol. The predicted octanol–water partition coefficient (Wildman–Crippen LogP) is 6.29. The molecule has 1 saturated heterocycles. The molecule has 1 aliphatic heterocycles. The van der Waals surface area contributed by atoms with E-state index < -0.39 is 5.82 Å². The van der Waals surface area contributed by atoms with Gasteiger partial charge in [-0.15, -0.1) is 0 Å². The van der Waals surface area contributed by atoms with Gasteiger partial charge in [-0.2, -0.15) is 5.26 Å². The van der Waals surface area contributed by atoms with Crippen molar-refractivity contribution in [3.63, 3.8) is 0 Å². The highest BCUT2D eigenvalue weighted by atomic mass is 35.5. The van der Waals surface area contributed by atoms with Crippen LogP contribution in [0.4, 0.5) is 14.9 Å². The molecule has 0 aromatic heterocycles. The summed E-state index contributed by atoms with van der Waals surface area (Å²) in [4.78, 5) is 16.7. The lowest BCUT2D eigenvalue weighted by atomic mass is 9.79. The molecule has 0 spiro atoms. The largest absolute Gasteiger partial charge is 0.337 e. The molecular weight excluding hydrogens is 475 g/mol. The molecule has 0 radical (unpaired) electrons. The third kappa shape index (κ3) is 6.04. The Balaban J connectivity index is 1.51. The molecule has 3 aromatic rings. The molecule has 0 saturated carbocycles. The Bertz CT molecular complexity index is 1250. The summed E-state index contributed by atoms with van der Waals surface area (Å²) in [5, 5.41) is 12.3. The topological polar surface area (TPSA) is 59.4 Å². The van der Waals surface area contributed by atoms with Gasteiger partial charge in [0.2, 0.25) is 0 Å². The molecule has 7 heteroatoms. The zero-order valence-corrected chi connectivity index (χ0v) is 21.3. The van der Waals surface area contributed by atoms with Crippen molar-refractivity contribution in [3.8, 4) is 17.2 Å². The number of nitrogens with one attached hydrogen (secondary N) is 1. The Hall–Kier alpha value is -3.40. The van der Waals surface area contributed by atoms with Gasteiger partial charge in [-0.05, 0) is 85.9 Å². The highest BCUT2D eigenvalue weighted by Gasteiger charge is 2.27. The maximum Gasteiger partial charge on any atom is 0.321 e. The quantitative estimate of drug-likeness (QED) is 0.429. The highest BCUT2D eigenvalue weighted by molar-refractivity contribution is 6.31. The van der Waals surface area contributed by atoms with Gasteiger partial charge in [0.15, 0.2) is 0 Å². The maximum absolute atomic E-state index is 13.5. The Morgan fingerprint density at radius 1 is 1.14 bits per heavy atom. The molecule has 0 bridgehead atoms. The molecule has 3 aromatic carbocycles. The normalized spacial score (nSPS) is 15.2. The van der Waals surface area contributed by atoms with E-state index in [4.69, 9.17) is 11.6 Å².